The Bertz CT molecular complexity index is 723. The number of nitrogens with zero attached hydrogens (tertiary/aromatic N) is 4. The van der Waals surface area contributed by atoms with Gasteiger partial charge in [0.1, 0.15) is 5.01 Å². The molecule has 0 bridgehead atoms. The number of anilines is 1. The van der Waals surface area contributed by atoms with Crippen LogP contribution in [0, 0.1) is 0 Å². The summed E-state index contributed by atoms with van der Waals surface area (Å²) in [5.41, 5.74) is 2.72. The summed E-state index contributed by atoms with van der Waals surface area (Å²) < 4.78 is 5.38. The van der Waals surface area contributed by atoms with Crippen molar-refractivity contribution in [3.05, 3.63) is 45.9 Å². The van der Waals surface area contributed by atoms with Gasteiger partial charge in [-0.2, -0.15) is 0 Å². The molecule has 0 unspecified atom stereocenters. The highest BCUT2D eigenvalue weighted by molar-refractivity contribution is 7.09. The number of aromatic nitrogens is 1. The Morgan fingerprint density at radius 3 is 2.54 bits per heavy atom. The molecular formula is C19H26N4O2S. The van der Waals surface area contributed by atoms with Crippen molar-refractivity contribution in [2.24, 2.45) is 0 Å². The minimum Gasteiger partial charge on any atom is -0.379 e. The van der Waals surface area contributed by atoms with Gasteiger partial charge in [-0.1, -0.05) is 0 Å². The molecule has 0 N–H and O–H groups in total. The van der Waals surface area contributed by atoms with Crippen molar-refractivity contribution >= 4 is 22.9 Å². The highest BCUT2D eigenvalue weighted by atomic mass is 32.1. The Kier molecular flexibility index (Phi) is 6.24. The summed E-state index contributed by atoms with van der Waals surface area (Å²) in [4.78, 5) is 23.4. The second kappa shape index (κ2) is 8.62. The maximum atomic E-state index is 12.6. The normalized spacial score (nSPS) is 15.0. The third kappa shape index (κ3) is 4.81. The van der Waals surface area contributed by atoms with E-state index in [1.165, 1.54) is 0 Å². The standard InChI is InChI=1S/C19H26N4O2S/c1-21(2)17-6-4-15(5-7-17)19(24)22(3)12-16-14-26-18(20-16)13-23-8-10-25-11-9-23/h4-7,14H,8-13H2,1-3H3. The molecule has 140 valence electrons. The monoisotopic (exact) mass is 374 g/mol. The van der Waals surface area contributed by atoms with Gasteiger partial charge in [0, 0.05) is 50.9 Å². The van der Waals surface area contributed by atoms with E-state index in [1.54, 1.807) is 16.2 Å². The van der Waals surface area contributed by atoms with Crippen LogP contribution in [0.4, 0.5) is 5.69 Å². The van der Waals surface area contributed by atoms with Crippen molar-refractivity contribution < 1.29 is 9.53 Å². The van der Waals surface area contributed by atoms with Crippen LogP contribution in [-0.4, -0.2) is 68.1 Å². The highest BCUT2D eigenvalue weighted by Crippen LogP contribution is 2.17. The lowest BCUT2D eigenvalue weighted by Gasteiger charge is -2.25. The first-order chi connectivity index (χ1) is 12.5. The number of ether oxygens (including phenoxy) is 1. The quantitative estimate of drug-likeness (QED) is 0.777. The van der Waals surface area contributed by atoms with Crippen molar-refractivity contribution in [3.63, 3.8) is 0 Å². The first-order valence-corrected chi connectivity index (χ1v) is 9.67. The maximum absolute atomic E-state index is 12.6. The Labute approximate surface area is 159 Å². The van der Waals surface area contributed by atoms with Gasteiger partial charge >= 0.3 is 0 Å². The lowest BCUT2D eigenvalue weighted by molar-refractivity contribution is 0.0341. The van der Waals surface area contributed by atoms with Crippen LogP contribution in [0.25, 0.3) is 0 Å². The molecule has 0 radical (unpaired) electrons. The van der Waals surface area contributed by atoms with Gasteiger partial charge in [0.15, 0.2) is 0 Å². The molecule has 0 aliphatic carbocycles. The minimum atomic E-state index is 0.0121. The van der Waals surface area contributed by atoms with Gasteiger partial charge in [0.25, 0.3) is 5.91 Å². The molecule has 1 amide bonds. The number of hydrogen-bond acceptors (Lipinski definition) is 6. The number of hydrogen-bond donors (Lipinski definition) is 0. The van der Waals surface area contributed by atoms with E-state index >= 15 is 0 Å². The topological polar surface area (TPSA) is 48.9 Å². The van der Waals surface area contributed by atoms with Crippen molar-refractivity contribution in [1.82, 2.24) is 14.8 Å². The van der Waals surface area contributed by atoms with Crippen molar-refractivity contribution in [2.75, 3.05) is 52.3 Å². The number of thiazole rings is 1. The van der Waals surface area contributed by atoms with Crippen LogP contribution >= 0.6 is 11.3 Å². The second-order valence-corrected chi connectivity index (χ2v) is 7.67. The maximum Gasteiger partial charge on any atom is 0.253 e. The largest absolute Gasteiger partial charge is 0.379 e. The summed E-state index contributed by atoms with van der Waals surface area (Å²) in [6, 6.07) is 7.67. The lowest BCUT2D eigenvalue weighted by Crippen LogP contribution is -2.35. The summed E-state index contributed by atoms with van der Waals surface area (Å²) in [7, 11) is 5.79. The van der Waals surface area contributed by atoms with E-state index < -0.39 is 0 Å². The predicted octanol–water partition coefficient (Wildman–Crippen LogP) is 2.31. The molecule has 2 aromatic rings. The van der Waals surface area contributed by atoms with E-state index in [0.29, 0.717) is 12.1 Å². The average molecular weight is 375 g/mol. The van der Waals surface area contributed by atoms with Gasteiger partial charge in [0.2, 0.25) is 0 Å². The molecule has 6 nitrogen and oxygen atoms in total. The molecular weight excluding hydrogens is 348 g/mol. The third-order valence-electron chi connectivity index (χ3n) is 4.44. The van der Waals surface area contributed by atoms with Gasteiger partial charge in [-0.15, -0.1) is 11.3 Å². The fourth-order valence-corrected chi connectivity index (χ4v) is 3.71. The third-order valence-corrected chi connectivity index (χ3v) is 5.32. The minimum absolute atomic E-state index is 0.0121. The SMILES string of the molecule is CN(Cc1csc(CN2CCOCC2)n1)C(=O)c1ccc(N(C)C)cc1. The molecule has 7 heteroatoms. The molecule has 26 heavy (non-hydrogen) atoms. The Morgan fingerprint density at radius 1 is 1.19 bits per heavy atom. The van der Waals surface area contributed by atoms with Crippen LogP contribution < -0.4 is 4.90 Å². The molecule has 1 aromatic heterocycles. The number of amides is 1. The molecule has 2 heterocycles. The van der Waals surface area contributed by atoms with E-state index in [9.17, 15) is 4.79 Å². The molecule has 3 rings (SSSR count). The molecule has 0 spiro atoms. The number of carbonyl (C=O) groups is 1. The summed E-state index contributed by atoms with van der Waals surface area (Å²) in [6.45, 7) is 4.88. The van der Waals surface area contributed by atoms with Crippen molar-refractivity contribution in [2.45, 2.75) is 13.1 Å². The van der Waals surface area contributed by atoms with E-state index in [2.05, 4.69) is 10.3 Å². The fourth-order valence-electron chi connectivity index (χ4n) is 2.88. The average Bonchev–Trinajstić information content (AvgIpc) is 3.08. The zero-order chi connectivity index (χ0) is 18.5. The molecule has 1 aliphatic rings. The van der Waals surface area contributed by atoms with E-state index in [4.69, 9.17) is 9.72 Å². The van der Waals surface area contributed by atoms with Crippen LogP contribution in [0.1, 0.15) is 21.1 Å². The molecule has 0 saturated carbocycles. The highest BCUT2D eigenvalue weighted by Gasteiger charge is 2.16. The summed E-state index contributed by atoms with van der Waals surface area (Å²) in [5, 5.41) is 3.15. The van der Waals surface area contributed by atoms with Crippen LogP contribution in [0.3, 0.4) is 0 Å². The number of carbonyl (C=O) groups excluding carboxylic acids is 1. The van der Waals surface area contributed by atoms with Crippen LogP contribution in [0.15, 0.2) is 29.6 Å². The van der Waals surface area contributed by atoms with Crippen molar-refractivity contribution in [1.29, 1.82) is 0 Å². The van der Waals surface area contributed by atoms with Crippen LogP contribution in [0.2, 0.25) is 0 Å². The summed E-state index contributed by atoms with van der Waals surface area (Å²) in [6.07, 6.45) is 0. The molecule has 1 fully saturated rings. The Balaban J connectivity index is 1.57. The Morgan fingerprint density at radius 2 is 1.88 bits per heavy atom. The van der Waals surface area contributed by atoms with Gasteiger partial charge in [-0.3, -0.25) is 9.69 Å². The zero-order valence-electron chi connectivity index (χ0n) is 15.6. The first-order valence-electron chi connectivity index (χ1n) is 8.79. The second-order valence-electron chi connectivity index (χ2n) is 6.72. The van der Waals surface area contributed by atoms with Gasteiger partial charge in [0.05, 0.1) is 32.0 Å². The van der Waals surface area contributed by atoms with Crippen LogP contribution in [0.5, 0.6) is 0 Å². The van der Waals surface area contributed by atoms with E-state index in [-0.39, 0.29) is 5.91 Å². The molecule has 1 saturated heterocycles. The van der Waals surface area contributed by atoms with Gasteiger partial charge in [-0.05, 0) is 24.3 Å². The predicted molar refractivity (Wildman–Crippen MR) is 105 cm³/mol. The van der Waals surface area contributed by atoms with Crippen molar-refractivity contribution in [3.8, 4) is 0 Å². The van der Waals surface area contributed by atoms with E-state index in [0.717, 1.165) is 49.2 Å². The zero-order valence-corrected chi connectivity index (χ0v) is 16.5. The van der Waals surface area contributed by atoms with E-state index in [1.807, 2.05) is 50.3 Å². The van der Waals surface area contributed by atoms with Gasteiger partial charge < -0.3 is 14.5 Å². The van der Waals surface area contributed by atoms with Crippen LogP contribution in [-0.2, 0) is 17.8 Å². The lowest BCUT2D eigenvalue weighted by atomic mass is 10.1. The fraction of sp³-hybridized carbons (Fsp3) is 0.474. The number of morpholine rings is 1. The smallest absolute Gasteiger partial charge is 0.253 e. The summed E-state index contributed by atoms with van der Waals surface area (Å²) >= 11 is 1.66. The Hall–Kier alpha value is -1.96. The van der Waals surface area contributed by atoms with Gasteiger partial charge in [-0.25, -0.2) is 4.98 Å². The molecule has 1 aliphatic heterocycles. The first kappa shape index (κ1) is 18.8. The number of benzene rings is 1. The number of rotatable bonds is 6. The summed E-state index contributed by atoms with van der Waals surface area (Å²) in [5.74, 6) is 0.0121. The molecule has 1 aromatic carbocycles. The molecule has 0 atom stereocenters.